The van der Waals surface area contributed by atoms with E-state index in [-0.39, 0.29) is 5.91 Å². The molecular formula is C18H17N3OS2. The van der Waals surface area contributed by atoms with Gasteiger partial charge < -0.3 is 11.1 Å². The molecule has 1 heterocycles. The molecule has 122 valence electrons. The molecule has 1 aromatic heterocycles. The topological polar surface area (TPSA) is 60.0 Å². The fourth-order valence-electron chi connectivity index (χ4n) is 2.31. The predicted molar refractivity (Wildman–Crippen MR) is 103 cm³/mol. The molecule has 0 saturated heterocycles. The first kappa shape index (κ1) is 16.4. The van der Waals surface area contributed by atoms with Gasteiger partial charge >= 0.3 is 0 Å². The average Bonchev–Trinajstić information content (AvgIpc) is 2.85. The summed E-state index contributed by atoms with van der Waals surface area (Å²) in [6.07, 6.45) is 0. The molecule has 0 atom stereocenters. The van der Waals surface area contributed by atoms with Crippen LogP contribution in [0, 0.1) is 17.8 Å². The van der Waals surface area contributed by atoms with Crippen molar-refractivity contribution < 1.29 is 4.79 Å². The number of benzene rings is 2. The van der Waals surface area contributed by atoms with Crippen LogP contribution in [0.5, 0.6) is 0 Å². The van der Waals surface area contributed by atoms with E-state index in [1.54, 1.807) is 4.57 Å². The lowest BCUT2D eigenvalue weighted by molar-refractivity contribution is 0.103. The molecule has 3 aromatic rings. The molecule has 4 nitrogen and oxygen atoms in total. The van der Waals surface area contributed by atoms with Gasteiger partial charge in [0.15, 0.2) is 3.95 Å². The SMILES string of the molecule is Cc1ccc(NC(=O)c2sc(=S)n(-c3ccc(C)cc3)c2N)cc1. The van der Waals surface area contributed by atoms with Crippen LogP contribution in [0.3, 0.4) is 0 Å². The molecule has 0 aliphatic rings. The van der Waals surface area contributed by atoms with E-state index in [9.17, 15) is 4.79 Å². The van der Waals surface area contributed by atoms with E-state index in [0.717, 1.165) is 22.5 Å². The van der Waals surface area contributed by atoms with Crippen molar-refractivity contribution in [3.63, 3.8) is 0 Å². The van der Waals surface area contributed by atoms with E-state index in [4.69, 9.17) is 18.0 Å². The molecule has 0 unspecified atom stereocenters. The highest BCUT2D eigenvalue weighted by Gasteiger charge is 2.18. The van der Waals surface area contributed by atoms with Gasteiger partial charge in [-0.25, -0.2) is 0 Å². The van der Waals surface area contributed by atoms with Crippen LogP contribution in [0.4, 0.5) is 11.5 Å². The average molecular weight is 355 g/mol. The number of anilines is 2. The van der Waals surface area contributed by atoms with Gasteiger partial charge in [0.1, 0.15) is 10.7 Å². The number of nitrogens with one attached hydrogen (secondary N) is 1. The minimum atomic E-state index is -0.252. The van der Waals surface area contributed by atoms with Gasteiger partial charge in [-0.3, -0.25) is 9.36 Å². The van der Waals surface area contributed by atoms with Crippen LogP contribution >= 0.6 is 23.6 Å². The number of carbonyl (C=O) groups is 1. The molecule has 3 N–H and O–H groups in total. The summed E-state index contributed by atoms with van der Waals surface area (Å²) < 4.78 is 2.27. The molecule has 0 bridgehead atoms. The highest BCUT2D eigenvalue weighted by atomic mass is 32.1. The number of nitrogen functional groups attached to an aromatic ring is 1. The Labute approximate surface area is 149 Å². The molecule has 1 amide bonds. The highest BCUT2D eigenvalue weighted by Crippen LogP contribution is 2.27. The standard InChI is InChI=1S/C18H17N3OS2/c1-11-3-7-13(8-4-11)20-17(22)15-16(19)21(18(23)24-15)14-9-5-12(2)6-10-14/h3-10H,19H2,1-2H3,(H,20,22). The summed E-state index contributed by atoms with van der Waals surface area (Å²) in [4.78, 5) is 12.9. The number of rotatable bonds is 3. The van der Waals surface area contributed by atoms with E-state index in [1.807, 2.05) is 62.4 Å². The molecule has 0 fully saturated rings. The number of aryl methyl sites for hydroxylation is 2. The Hall–Kier alpha value is -2.44. The van der Waals surface area contributed by atoms with Crippen LogP contribution in [-0.2, 0) is 0 Å². The normalized spacial score (nSPS) is 10.6. The van der Waals surface area contributed by atoms with Crippen molar-refractivity contribution in [1.29, 1.82) is 0 Å². The maximum atomic E-state index is 12.5. The second-order valence-electron chi connectivity index (χ2n) is 5.57. The zero-order valence-electron chi connectivity index (χ0n) is 13.4. The summed E-state index contributed by atoms with van der Waals surface area (Å²) in [7, 11) is 0. The van der Waals surface area contributed by atoms with Crippen molar-refractivity contribution in [1.82, 2.24) is 4.57 Å². The number of carbonyl (C=O) groups excluding carboxylic acids is 1. The van der Waals surface area contributed by atoms with E-state index in [0.29, 0.717) is 14.6 Å². The molecule has 2 aromatic carbocycles. The van der Waals surface area contributed by atoms with Gasteiger partial charge in [0.25, 0.3) is 5.91 Å². The van der Waals surface area contributed by atoms with Crippen LogP contribution in [0.15, 0.2) is 48.5 Å². The van der Waals surface area contributed by atoms with E-state index in [1.165, 1.54) is 11.3 Å². The van der Waals surface area contributed by atoms with E-state index >= 15 is 0 Å². The van der Waals surface area contributed by atoms with Gasteiger partial charge in [-0.05, 0) is 50.3 Å². The third-order valence-corrected chi connectivity index (χ3v) is 5.04. The molecular weight excluding hydrogens is 338 g/mol. The van der Waals surface area contributed by atoms with Crippen molar-refractivity contribution in [2.75, 3.05) is 11.1 Å². The molecule has 24 heavy (non-hydrogen) atoms. The van der Waals surface area contributed by atoms with Crippen LogP contribution in [0.1, 0.15) is 20.8 Å². The Balaban J connectivity index is 1.93. The van der Waals surface area contributed by atoms with Crippen LogP contribution in [0.2, 0.25) is 0 Å². The van der Waals surface area contributed by atoms with E-state index < -0.39 is 0 Å². The quantitative estimate of drug-likeness (QED) is 0.668. The summed E-state index contributed by atoms with van der Waals surface area (Å²) in [5.41, 5.74) is 10.1. The minimum absolute atomic E-state index is 0.252. The van der Waals surface area contributed by atoms with Gasteiger partial charge in [0.05, 0.1) is 0 Å². The molecule has 0 spiro atoms. The Bertz CT molecular complexity index is 938. The van der Waals surface area contributed by atoms with Crippen LogP contribution in [0.25, 0.3) is 5.69 Å². The first-order valence-electron chi connectivity index (χ1n) is 7.42. The van der Waals surface area contributed by atoms with Gasteiger partial charge in [-0.15, -0.1) is 0 Å². The van der Waals surface area contributed by atoms with Crippen molar-refractivity contribution in [2.24, 2.45) is 0 Å². The molecule has 0 saturated carbocycles. The molecule has 0 radical (unpaired) electrons. The Kier molecular flexibility index (Phi) is 4.51. The van der Waals surface area contributed by atoms with Crippen molar-refractivity contribution in [2.45, 2.75) is 13.8 Å². The lowest BCUT2D eigenvalue weighted by Crippen LogP contribution is -2.13. The summed E-state index contributed by atoms with van der Waals surface area (Å²) in [5.74, 6) is 0.108. The van der Waals surface area contributed by atoms with Gasteiger partial charge in [0, 0.05) is 11.4 Å². The third-order valence-electron chi connectivity index (χ3n) is 3.65. The Morgan fingerprint density at radius 3 is 2.17 bits per heavy atom. The monoisotopic (exact) mass is 355 g/mol. The number of aromatic nitrogens is 1. The lowest BCUT2D eigenvalue weighted by Gasteiger charge is -2.07. The van der Waals surface area contributed by atoms with E-state index in [2.05, 4.69) is 5.32 Å². The maximum Gasteiger partial charge on any atom is 0.269 e. The van der Waals surface area contributed by atoms with Gasteiger partial charge in [0.2, 0.25) is 0 Å². The van der Waals surface area contributed by atoms with Gasteiger partial charge in [-0.2, -0.15) is 0 Å². The number of thiazole rings is 1. The fraction of sp³-hybridized carbons (Fsp3) is 0.111. The minimum Gasteiger partial charge on any atom is -0.383 e. The second kappa shape index (κ2) is 6.59. The van der Waals surface area contributed by atoms with Crippen molar-refractivity contribution in [3.05, 3.63) is 68.5 Å². The second-order valence-corrected chi connectivity index (χ2v) is 7.22. The van der Waals surface area contributed by atoms with Crippen LogP contribution in [-0.4, -0.2) is 10.5 Å². The number of hydrogen-bond donors (Lipinski definition) is 2. The molecule has 0 aliphatic carbocycles. The predicted octanol–water partition coefficient (Wildman–Crippen LogP) is 4.72. The zero-order valence-corrected chi connectivity index (χ0v) is 15.0. The molecule has 6 heteroatoms. The first-order chi connectivity index (χ1) is 11.5. The van der Waals surface area contributed by atoms with Crippen molar-refractivity contribution >= 4 is 41.0 Å². The molecule has 3 rings (SSSR count). The molecule has 0 aliphatic heterocycles. The van der Waals surface area contributed by atoms with Crippen LogP contribution < -0.4 is 11.1 Å². The number of nitrogens with two attached hydrogens (primary N) is 1. The summed E-state index contributed by atoms with van der Waals surface area (Å²) in [5, 5.41) is 2.86. The maximum absolute atomic E-state index is 12.5. The number of amides is 1. The number of hydrogen-bond acceptors (Lipinski definition) is 4. The highest BCUT2D eigenvalue weighted by molar-refractivity contribution is 7.73. The van der Waals surface area contributed by atoms with Crippen molar-refractivity contribution in [3.8, 4) is 5.69 Å². The first-order valence-corrected chi connectivity index (χ1v) is 8.64. The third kappa shape index (κ3) is 3.25. The number of nitrogens with zero attached hydrogens (tertiary/aromatic N) is 1. The fourth-order valence-corrected chi connectivity index (χ4v) is 3.57. The zero-order chi connectivity index (χ0) is 17.3. The smallest absolute Gasteiger partial charge is 0.269 e. The summed E-state index contributed by atoms with van der Waals surface area (Å²) in [6, 6.07) is 15.5. The lowest BCUT2D eigenvalue weighted by atomic mass is 10.2. The summed E-state index contributed by atoms with van der Waals surface area (Å²) in [6.45, 7) is 4.01. The largest absolute Gasteiger partial charge is 0.383 e. The van der Waals surface area contributed by atoms with Gasteiger partial charge in [-0.1, -0.05) is 46.7 Å². The Morgan fingerprint density at radius 1 is 1.04 bits per heavy atom. The Morgan fingerprint density at radius 2 is 1.58 bits per heavy atom. The summed E-state index contributed by atoms with van der Waals surface area (Å²) >= 11 is 6.61.